The number of ether oxygens (including phenoxy) is 1. The number of fused-ring (bicyclic) bond motifs is 1. The number of carbonyl (C=O) groups is 1. The summed E-state index contributed by atoms with van der Waals surface area (Å²) >= 11 is 0. The van der Waals surface area contributed by atoms with Crippen LogP contribution in [-0.4, -0.2) is 28.9 Å². The normalized spacial score (nSPS) is 18.6. The Balaban J connectivity index is 1.47. The van der Waals surface area contributed by atoms with Gasteiger partial charge in [-0.05, 0) is 37.3 Å². The number of carbonyl (C=O) groups excluding carboxylic acids is 1. The second kappa shape index (κ2) is 8.87. The lowest BCUT2D eigenvalue weighted by Crippen LogP contribution is -2.48. The van der Waals surface area contributed by atoms with Crippen LogP contribution in [0.5, 0.6) is 0 Å². The van der Waals surface area contributed by atoms with Gasteiger partial charge in [0.1, 0.15) is 0 Å². The number of aromatic nitrogens is 2. The minimum atomic E-state index is -0.602. The van der Waals surface area contributed by atoms with E-state index < -0.39 is 5.41 Å². The highest BCUT2D eigenvalue weighted by atomic mass is 16.5. The third-order valence-corrected chi connectivity index (χ3v) is 7.10. The third kappa shape index (κ3) is 3.73. The van der Waals surface area contributed by atoms with E-state index in [1.807, 2.05) is 54.6 Å². The predicted molar refractivity (Wildman–Crippen MR) is 124 cm³/mol. The molecule has 1 saturated carbocycles. The fraction of sp³-hybridized carbons (Fsp3) is 0.423. The van der Waals surface area contributed by atoms with Crippen molar-refractivity contribution in [1.29, 1.82) is 0 Å². The van der Waals surface area contributed by atoms with Crippen molar-refractivity contribution in [2.45, 2.75) is 56.5 Å². The van der Waals surface area contributed by atoms with Gasteiger partial charge in [0, 0.05) is 18.6 Å². The Bertz CT molecular complexity index is 1160. The maximum atomic E-state index is 13.6. The van der Waals surface area contributed by atoms with Crippen LogP contribution in [0.2, 0.25) is 0 Å². The quantitative estimate of drug-likeness (QED) is 0.666. The lowest BCUT2D eigenvalue weighted by atomic mass is 9.73. The molecule has 1 amide bonds. The van der Waals surface area contributed by atoms with E-state index in [1.54, 1.807) is 4.68 Å². The van der Waals surface area contributed by atoms with E-state index in [4.69, 9.17) is 9.84 Å². The molecule has 0 atom stereocenters. The van der Waals surface area contributed by atoms with Crippen LogP contribution in [0.25, 0.3) is 10.8 Å². The van der Waals surface area contributed by atoms with Crippen molar-refractivity contribution in [3.8, 4) is 0 Å². The molecule has 1 saturated heterocycles. The van der Waals surface area contributed by atoms with Crippen molar-refractivity contribution in [2.75, 3.05) is 13.2 Å². The highest BCUT2D eigenvalue weighted by molar-refractivity contribution is 5.89. The van der Waals surface area contributed by atoms with Crippen molar-refractivity contribution in [3.63, 3.8) is 0 Å². The molecular formula is C26H29N3O3. The number of nitrogens with one attached hydrogen (secondary N) is 1. The van der Waals surface area contributed by atoms with Crippen LogP contribution in [0.3, 0.4) is 0 Å². The number of rotatable bonds is 5. The van der Waals surface area contributed by atoms with Crippen molar-refractivity contribution in [2.24, 2.45) is 0 Å². The lowest BCUT2D eigenvalue weighted by molar-refractivity contribution is -0.130. The van der Waals surface area contributed by atoms with E-state index in [0.29, 0.717) is 38.0 Å². The van der Waals surface area contributed by atoms with Gasteiger partial charge in [-0.1, -0.05) is 61.4 Å². The summed E-state index contributed by atoms with van der Waals surface area (Å²) < 4.78 is 7.24. The lowest BCUT2D eigenvalue weighted by Gasteiger charge is -2.36. The van der Waals surface area contributed by atoms with Crippen molar-refractivity contribution in [3.05, 3.63) is 76.2 Å². The molecule has 2 aliphatic rings. The summed E-state index contributed by atoms with van der Waals surface area (Å²) in [4.78, 5) is 26.7. The summed E-state index contributed by atoms with van der Waals surface area (Å²) in [5.41, 5.74) is 1.13. The molecule has 6 heteroatoms. The van der Waals surface area contributed by atoms with E-state index in [-0.39, 0.29) is 17.5 Å². The average Bonchev–Trinajstić information content (AvgIpc) is 3.39. The van der Waals surface area contributed by atoms with Gasteiger partial charge >= 0.3 is 0 Å². The Kier molecular flexibility index (Phi) is 5.79. The van der Waals surface area contributed by atoms with Gasteiger partial charge in [-0.2, -0.15) is 5.10 Å². The molecule has 0 radical (unpaired) electrons. The predicted octanol–water partition coefficient (Wildman–Crippen LogP) is 3.88. The van der Waals surface area contributed by atoms with Gasteiger partial charge in [-0.3, -0.25) is 9.59 Å². The number of benzene rings is 2. The fourth-order valence-corrected chi connectivity index (χ4v) is 5.26. The highest BCUT2D eigenvalue weighted by Crippen LogP contribution is 2.35. The molecule has 0 bridgehead atoms. The first-order valence-corrected chi connectivity index (χ1v) is 11.6. The molecule has 1 aromatic heterocycles. The summed E-state index contributed by atoms with van der Waals surface area (Å²) in [7, 11) is 0. The molecule has 2 fully saturated rings. The van der Waals surface area contributed by atoms with Gasteiger partial charge in [-0.25, -0.2) is 4.68 Å². The molecule has 5 rings (SSSR count). The number of nitrogens with zero attached hydrogens (tertiary/aromatic N) is 2. The second-order valence-electron chi connectivity index (χ2n) is 8.92. The first-order valence-electron chi connectivity index (χ1n) is 11.6. The van der Waals surface area contributed by atoms with E-state index in [0.717, 1.165) is 42.3 Å². The van der Waals surface area contributed by atoms with Crippen molar-refractivity contribution in [1.82, 2.24) is 15.1 Å². The highest BCUT2D eigenvalue weighted by Gasteiger charge is 2.41. The van der Waals surface area contributed by atoms with Crippen LogP contribution in [0.4, 0.5) is 0 Å². The molecule has 3 aromatic rings. The van der Waals surface area contributed by atoms with Crippen LogP contribution in [0, 0.1) is 0 Å². The molecule has 1 aliphatic heterocycles. The van der Waals surface area contributed by atoms with Gasteiger partial charge in [0.25, 0.3) is 5.56 Å². The standard InChI is InChI=1S/C26H29N3O3/c30-24-22-13-7-6-12-21(22)23(28-29(24)20-10-4-5-11-20)18-27-25(31)26(14-16-32-17-15-26)19-8-2-1-3-9-19/h1-3,6-9,12-13,20H,4-5,10-11,14-18H2,(H,27,31). The zero-order chi connectivity index (χ0) is 22.0. The molecule has 0 spiro atoms. The van der Waals surface area contributed by atoms with Crippen LogP contribution in [-0.2, 0) is 21.5 Å². The maximum Gasteiger partial charge on any atom is 0.274 e. The molecule has 1 aliphatic carbocycles. The zero-order valence-corrected chi connectivity index (χ0v) is 18.3. The average molecular weight is 432 g/mol. The summed E-state index contributed by atoms with van der Waals surface area (Å²) in [6.45, 7) is 1.42. The number of hydrogen-bond donors (Lipinski definition) is 1. The van der Waals surface area contributed by atoms with E-state index in [2.05, 4.69) is 5.32 Å². The third-order valence-electron chi connectivity index (χ3n) is 7.10. The first kappa shape index (κ1) is 20.9. The molecule has 2 aromatic carbocycles. The van der Waals surface area contributed by atoms with Crippen LogP contribution < -0.4 is 10.9 Å². The van der Waals surface area contributed by atoms with E-state index >= 15 is 0 Å². The summed E-state index contributed by atoms with van der Waals surface area (Å²) in [6, 6.07) is 17.7. The van der Waals surface area contributed by atoms with Gasteiger partial charge in [0.2, 0.25) is 5.91 Å². The molecule has 6 nitrogen and oxygen atoms in total. The Morgan fingerprint density at radius 3 is 2.38 bits per heavy atom. The van der Waals surface area contributed by atoms with Crippen molar-refractivity contribution >= 4 is 16.7 Å². The Morgan fingerprint density at radius 1 is 1.00 bits per heavy atom. The largest absolute Gasteiger partial charge is 0.381 e. The van der Waals surface area contributed by atoms with Crippen molar-refractivity contribution < 1.29 is 9.53 Å². The Morgan fingerprint density at radius 2 is 1.66 bits per heavy atom. The Hall–Kier alpha value is -2.99. The summed E-state index contributed by atoms with van der Waals surface area (Å²) in [5, 5.41) is 9.41. The van der Waals surface area contributed by atoms with E-state index in [9.17, 15) is 9.59 Å². The summed E-state index contributed by atoms with van der Waals surface area (Å²) in [5.74, 6) is -0.00324. The molecule has 1 N–H and O–H groups in total. The van der Waals surface area contributed by atoms with Crippen LogP contribution in [0.1, 0.15) is 55.8 Å². The smallest absolute Gasteiger partial charge is 0.274 e. The zero-order valence-electron chi connectivity index (χ0n) is 18.3. The molecular weight excluding hydrogens is 402 g/mol. The van der Waals surface area contributed by atoms with Crippen LogP contribution in [0.15, 0.2) is 59.4 Å². The fourth-order valence-electron chi connectivity index (χ4n) is 5.26. The summed E-state index contributed by atoms with van der Waals surface area (Å²) in [6.07, 6.45) is 5.51. The van der Waals surface area contributed by atoms with E-state index in [1.165, 1.54) is 0 Å². The molecule has 166 valence electrons. The SMILES string of the molecule is O=C(NCc1nn(C2CCCC2)c(=O)c2ccccc12)C1(c2ccccc2)CCOCC1. The van der Waals surface area contributed by atoms with Gasteiger partial charge in [-0.15, -0.1) is 0 Å². The first-order chi connectivity index (χ1) is 15.7. The molecule has 32 heavy (non-hydrogen) atoms. The number of amides is 1. The topological polar surface area (TPSA) is 73.2 Å². The molecule has 2 heterocycles. The number of hydrogen-bond acceptors (Lipinski definition) is 4. The monoisotopic (exact) mass is 431 g/mol. The van der Waals surface area contributed by atoms with Crippen LogP contribution >= 0.6 is 0 Å². The maximum absolute atomic E-state index is 13.6. The minimum absolute atomic E-state index is 0.00324. The second-order valence-corrected chi connectivity index (χ2v) is 8.92. The Labute approximate surface area is 187 Å². The van der Waals surface area contributed by atoms with Gasteiger partial charge in [0.15, 0.2) is 0 Å². The molecule has 0 unspecified atom stereocenters. The van der Waals surface area contributed by atoms with Gasteiger partial charge < -0.3 is 10.1 Å². The van der Waals surface area contributed by atoms with Gasteiger partial charge in [0.05, 0.1) is 29.1 Å². The minimum Gasteiger partial charge on any atom is -0.381 e.